The van der Waals surface area contributed by atoms with Gasteiger partial charge in [-0.2, -0.15) is 5.10 Å². The average Bonchev–Trinajstić information content (AvgIpc) is 2.75. The third-order valence-electron chi connectivity index (χ3n) is 3.39. The highest BCUT2D eigenvalue weighted by Crippen LogP contribution is 2.23. The molecule has 0 aromatic carbocycles. The Morgan fingerprint density at radius 2 is 2.41 bits per heavy atom. The minimum Gasteiger partial charge on any atom is -0.383 e. The van der Waals surface area contributed by atoms with Gasteiger partial charge < -0.3 is 15.4 Å². The quantitative estimate of drug-likeness (QED) is 0.844. The van der Waals surface area contributed by atoms with Crippen LogP contribution in [0.4, 0.5) is 5.69 Å². The maximum atomic E-state index is 5.97. The van der Waals surface area contributed by atoms with Gasteiger partial charge in [-0.25, -0.2) is 0 Å². The zero-order chi connectivity index (χ0) is 12.3. The van der Waals surface area contributed by atoms with E-state index in [1.54, 1.807) is 7.11 Å². The molecule has 1 aromatic heterocycles. The fourth-order valence-electron chi connectivity index (χ4n) is 2.40. The van der Waals surface area contributed by atoms with Crippen molar-refractivity contribution in [3.05, 3.63) is 12.4 Å². The number of piperidine rings is 1. The number of nitrogens with zero attached hydrogens (tertiary/aromatic N) is 3. The zero-order valence-electron chi connectivity index (χ0n) is 10.7. The van der Waals surface area contributed by atoms with Crippen LogP contribution in [-0.4, -0.2) is 42.1 Å². The Hall–Kier alpha value is -1.07. The summed E-state index contributed by atoms with van der Waals surface area (Å²) in [5.74, 6) is 0. The second kappa shape index (κ2) is 5.51. The molecular weight excluding hydrogens is 216 g/mol. The molecule has 2 heterocycles. The Bertz CT molecular complexity index is 352. The molecule has 5 heteroatoms. The first kappa shape index (κ1) is 12.4. The molecule has 1 aromatic rings. The van der Waals surface area contributed by atoms with E-state index < -0.39 is 0 Å². The van der Waals surface area contributed by atoms with E-state index in [9.17, 15) is 0 Å². The number of aromatic nitrogens is 2. The molecule has 1 aliphatic rings. The lowest BCUT2D eigenvalue weighted by Gasteiger charge is -2.37. The van der Waals surface area contributed by atoms with Crippen molar-refractivity contribution in [2.45, 2.75) is 38.4 Å². The third-order valence-corrected chi connectivity index (χ3v) is 3.39. The van der Waals surface area contributed by atoms with Gasteiger partial charge >= 0.3 is 0 Å². The first-order chi connectivity index (χ1) is 8.20. The van der Waals surface area contributed by atoms with E-state index in [2.05, 4.69) is 23.1 Å². The number of rotatable bonds is 4. The Morgan fingerprint density at radius 1 is 1.59 bits per heavy atom. The van der Waals surface area contributed by atoms with Gasteiger partial charge in [0.1, 0.15) is 0 Å². The highest BCUT2D eigenvalue weighted by Gasteiger charge is 2.24. The van der Waals surface area contributed by atoms with Gasteiger partial charge in [-0.1, -0.05) is 0 Å². The fourth-order valence-corrected chi connectivity index (χ4v) is 2.40. The molecule has 1 saturated heterocycles. The van der Waals surface area contributed by atoms with Crippen LogP contribution >= 0.6 is 0 Å². The standard InChI is InChI=1S/C12H22N4O/c1-10-7-11(13)3-4-16(10)12-8-14-15(9-12)5-6-17-2/h8-11H,3-7,13H2,1-2H3. The zero-order valence-corrected chi connectivity index (χ0v) is 10.7. The van der Waals surface area contributed by atoms with Crippen LogP contribution in [0.15, 0.2) is 12.4 Å². The van der Waals surface area contributed by atoms with Crippen molar-refractivity contribution in [2.75, 3.05) is 25.2 Å². The Morgan fingerprint density at radius 3 is 3.12 bits per heavy atom. The summed E-state index contributed by atoms with van der Waals surface area (Å²) in [4.78, 5) is 2.39. The maximum absolute atomic E-state index is 5.97. The number of hydrogen-bond acceptors (Lipinski definition) is 4. The monoisotopic (exact) mass is 238 g/mol. The van der Waals surface area contributed by atoms with E-state index in [1.165, 1.54) is 5.69 Å². The van der Waals surface area contributed by atoms with Crippen LogP contribution < -0.4 is 10.6 Å². The second-order valence-corrected chi connectivity index (χ2v) is 4.78. The lowest BCUT2D eigenvalue weighted by Crippen LogP contribution is -2.45. The number of methoxy groups -OCH3 is 1. The molecule has 96 valence electrons. The summed E-state index contributed by atoms with van der Waals surface area (Å²) in [5, 5.41) is 4.35. The predicted octanol–water partition coefficient (Wildman–Crippen LogP) is 0.846. The van der Waals surface area contributed by atoms with Crippen LogP contribution in [-0.2, 0) is 11.3 Å². The topological polar surface area (TPSA) is 56.3 Å². The molecule has 0 radical (unpaired) electrons. The Kier molecular flexibility index (Phi) is 4.02. The third kappa shape index (κ3) is 2.98. The van der Waals surface area contributed by atoms with Gasteiger partial charge in [0, 0.05) is 31.9 Å². The van der Waals surface area contributed by atoms with E-state index in [-0.39, 0.29) is 0 Å². The lowest BCUT2D eigenvalue weighted by atomic mass is 9.99. The van der Waals surface area contributed by atoms with Crippen LogP contribution in [0.3, 0.4) is 0 Å². The van der Waals surface area contributed by atoms with E-state index in [4.69, 9.17) is 10.5 Å². The van der Waals surface area contributed by atoms with Crippen molar-refractivity contribution in [3.8, 4) is 0 Å². The van der Waals surface area contributed by atoms with Crippen LogP contribution in [0.25, 0.3) is 0 Å². The Labute approximate surface area is 103 Å². The van der Waals surface area contributed by atoms with Gasteiger partial charge in [0.2, 0.25) is 0 Å². The molecule has 17 heavy (non-hydrogen) atoms. The van der Waals surface area contributed by atoms with Crippen molar-refractivity contribution >= 4 is 5.69 Å². The summed E-state index contributed by atoms with van der Waals surface area (Å²) in [6.45, 7) is 4.75. The van der Waals surface area contributed by atoms with Gasteiger partial charge in [-0.15, -0.1) is 0 Å². The Balaban J connectivity index is 1.99. The normalized spacial score (nSPS) is 25.2. The van der Waals surface area contributed by atoms with Crippen molar-refractivity contribution in [3.63, 3.8) is 0 Å². The molecular formula is C12H22N4O. The molecule has 0 aliphatic carbocycles. The summed E-state index contributed by atoms with van der Waals surface area (Å²) in [5.41, 5.74) is 7.17. The van der Waals surface area contributed by atoms with Crippen molar-refractivity contribution in [1.29, 1.82) is 0 Å². The van der Waals surface area contributed by atoms with E-state index in [0.29, 0.717) is 18.7 Å². The minimum atomic E-state index is 0.352. The van der Waals surface area contributed by atoms with Crippen molar-refractivity contribution in [1.82, 2.24) is 9.78 Å². The second-order valence-electron chi connectivity index (χ2n) is 4.78. The van der Waals surface area contributed by atoms with E-state index >= 15 is 0 Å². The molecule has 1 aliphatic heterocycles. The summed E-state index contributed by atoms with van der Waals surface area (Å²) in [6.07, 6.45) is 6.15. The largest absolute Gasteiger partial charge is 0.383 e. The molecule has 0 spiro atoms. The van der Waals surface area contributed by atoms with E-state index in [1.807, 2.05) is 10.9 Å². The fraction of sp³-hybridized carbons (Fsp3) is 0.750. The molecule has 0 amide bonds. The van der Waals surface area contributed by atoms with E-state index in [0.717, 1.165) is 25.9 Å². The van der Waals surface area contributed by atoms with Gasteiger partial charge in [0.25, 0.3) is 0 Å². The van der Waals surface area contributed by atoms with Gasteiger partial charge in [-0.3, -0.25) is 4.68 Å². The molecule has 2 rings (SSSR count). The van der Waals surface area contributed by atoms with Crippen molar-refractivity contribution < 1.29 is 4.74 Å². The van der Waals surface area contributed by atoms with Crippen LogP contribution in [0.2, 0.25) is 0 Å². The number of ether oxygens (including phenoxy) is 1. The number of nitrogens with two attached hydrogens (primary N) is 1. The SMILES string of the molecule is COCCn1cc(N2CCC(N)CC2C)cn1. The highest BCUT2D eigenvalue weighted by atomic mass is 16.5. The molecule has 5 nitrogen and oxygen atoms in total. The van der Waals surface area contributed by atoms with Gasteiger partial charge in [-0.05, 0) is 19.8 Å². The summed E-state index contributed by atoms with van der Waals surface area (Å²) in [7, 11) is 1.71. The van der Waals surface area contributed by atoms with Crippen LogP contribution in [0.1, 0.15) is 19.8 Å². The first-order valence-corrected chi connectivity index (χ1v) is 6.24. The van der Waals surface area contributed by atoms with Crippen LogP contribution in [0.5, 0.6) is 0 Å². The molecule has 0 bridgehead atoms. The maximum Gasteiger partial charge on any atom is 0.0754 e. The highest BCUT2D eigenvalue weighted by molar-refractivity contribution is 5.44. The summed E-state index contributed by atoms with van der Waals surface area (Å²) in [6, 6.07) is 0.851. The molecule has 2 N–H and O–H groups in total. The lowest BCUT2D eigenvalue weighted by molar-refractivity contribution is 0.183. The molecule has 1 fully saturated rings. The van der Waals surface area contributed by atoms with Gasteiger partial charge in [0.15, 0.2) is 0 Å². The summed E-state index contributed by atoms with van der Waals surface area (Å²) >= 11 is 0. The minimum absolute atomic E-state index is 0.352. The van der Waals surface area contributed by atoms with Crippen molar-refractivity contribution in [2.24, 2.45) is 5.73 Å². The molecule has 2 atom stereocenters. The number of hydrogen-bond donors (Lipinski definition) is 1. The summed E-state index contributed by atoms with van der Waals surface area (Å²) < 4.78 is 6.98. The average molecular weight is 238 g/mol. The first-order valence-electron chi connectivity index (χ1n) is 6.24. The van der Waals surface area contributed by atoms with Gasteiger partial charge in [0.05, 0.1) is 25.0 Å². The smallest absolute Gasteiger partial charge is 0.0754 e. The predicted molar refractivity (Wildman–Crippen MR) is 68.1 cm³/mol. The van der Waals surface area contributed by atoms with Crippen LogP contribution in [0, 0.1) is 0 Å². The molecule has 2 unspecified atom stereocenters. The molecule has 0 saturated carbocycles. The number of anilines is 1.